The molecule has 0 unspecified atom stereocenters. The first-order valence-electron chi connectivity index (χ1n) is 10.4. The van der Waals surface area contributed by atoms with Gasteiger partial charge in [-0.25, -0.2) is 4.39 Å². The zero-order chi connectivity index (χ0) is 20.9. The Morgan fingerprint density at radius 2 is 1.90 bits per heavy atom. The van der Waals surface area contributed by atoms with Crippen LogP contribution in [0.1, 0.15) is 48.3 Å². The molecule has 0 aliphatic carbocycles. The van der Waals surface area contributed by atoms with Gasteiger partial charge in [0.25, 0.3) is 0 Å². The molecule has 5 heteroatoms. The molecular weight excluding hydrogens is 377 g/mol. The third kappa shape index (κ3) is 4.92. The molecule has 0 radical (unpaired) electrons. The van der Waals surface area contributed by atoms with Gasteiger partial charge in [0, 0.05) is 31.3 Å². The molecule has 3 aromatic rings. The molecule has 0 saturated carbocycles. The largest absolute Gasteiger partial charge is 0.326 e. The smallest absolute Gasteiger partial charge is 0.221 e. The normalized spacial score (nSPS) is 16.5. The zero-order valence-electron chi connectivity index (χ0n) is 17.1. The Morgan fingerprint density at radius 1 is 1.10 bits per heavy atom. The van der Waals surface area contributed by atoms with Crippen molar-refractivity contribution in [2.24, 2.45) is 0 Å². The lowest BCUT2D eigenvalue weighted by Crippen LogP contribution is -2.23. The van der Waals surface area contributed by atoms with Crippen LogP contribution in [0.4, 0.5) is 10.1 Å². The van der Waals surface area contributed by atoms with Crippen LogP contribution in [0.2, 0.25) is 0 Å². The Labute approximate surface area is 176 Å². The molecule has 1 N–H and O–H groups in total. The first-order chi connectivity index (χ1) is 14.6. The lowest BCUT2D eigenvalue weighted by molar-refractivity contribution is -0.114. The Bertz CT molecular complexity index is 1020. The maximum absolute atomic E-state index is 14.0. The number of carbonyl (C=O) groups excluding carboxylic acids is 1. The fraction of sp³-hybridized carbons (Fsp3) is 0.280. The van der Waals surface area contributed by atoms with Gasteiger partial charge < -0.3 is 5.32 Å². The van der Waals surface area contributed by atoms with Crippen molar-refractivity contribution in [3.8, 4) is 0 Å². The second-order valence-corrected chi connectivity index (χ2v) is 7.83. The molecule has 2 aromatic carbocycles. The minimum Gasteiger partial charge on any atom is -0.326 e. The number of aromatic nitrogens is 1. The van der Waals surface area contributed by atoms with Gasteiger partial charge in [0.2, 0.25) is 5.91 Å². The fourth-order valence-electron chi connectivity index (χ4n) is 4.10. The van der Waals surface area contributed by atoms with Crippen LogP contribution in [-0.4, -0.2) is 22.3 Å². The van der Waals surface area contributed by atoms with Crippen molar-refractivity contribution in [2.45, 2.75) is 38.8 Å². The average Bonchev–Trinajstić information content (AvgIpc) is 3.19. The topological polar surface area (TPSA) is 45.2 Å². The molecular formula is C25H26FN3O. The molecule has 1 aliphatic heterocycles. The van der Waals surface area contributed by atoms with Crippen molar-refractivity contribution in [3.63, 3.8) is 0 Å². The predicted octanol–water partition coefficient (Wildman–Crippen LogP) is 5.11. The number of nitrogens with zero attached hydrogens (tertiary/aromatic N) is 2. The second kappa shape index (κ2) is 9.18. The van der Waals surface area contributed by atoms with Gasteiger partial charge in [-0.1, -0.05) is 36.4 Å². The Kier molecular flexibility index (Phi) is 6.19. The third-order valence-corrected chi connectivity index (χ3v) is 5.52. The van der Waals surface area contributed by atoms with Crippen LogP contribution in [0.5, 0.6) is 0 Å². The minimum absolute atomic E-state index is 0.0660. The summed E-state index contributed by atoms with van der Waals surface area (Å²) in [6.07, 6.45) is 2.70. The van der Waals surface area contributed by atoms with E-state index < -0.39 is 0 Å². The number of carbonyl (C=O) groups is 1. The number of hydrogen-bond donors (Lipinski definition) is 1. The van der Waals surface area contributed by atoms with Gasteiger partial charge in [0.1, 0.15) is 5.82 Å². The zero-order valence-corrected chi connectivity index (χ0v) is 17.1. The molecule has 1 fully saturated rings. The molecule has 4 nitrogen and oxygen atoms in total. The van der Waals surface area contributed by atoms with Crippen LogP contribution in [0.25, 0.3) is 0 Å². The molecule has 30 heavy (non-hydrogen) atoms. The van der Waals surface area contributed by atoms with Crippen LogP contribution >= 0.6 is 0 Å². The van der Waals surface area contributed by atoms with Gasteiger partial charge in [-0.2, -0.15) is 0 Å². The molecule has 1 aromatic heterocycles. The van der Waals surface area contributed by atoms with Crippen molar-refractivity contribution in [1.29, 1.82) is 0 Å². The van der Waals surface area contributed by atoms with Crippen LogP contribution in [0, 0.1) is 5.82 Å². The Hall–Kier alpha value is -3.05. The van der Waals surface area contributed by atoms with Gasteiger partial charge in [-0.15, -0.1) is 0 Å². The van der Waals surface area contributed by atoms with Crippen molar-refractivity contribution in [1.82, 2.24) is 9.88 Å². The number of amides is 1. The number of anilines is 1. The van der Waals surface area contributed by atoms with Gasteiger partial charge in [0.05, 0.1) is 11.7 Å². The summed E-state index contributed by atoms with van der Waals surface area (Å²) in [4.78, 5) is 18.5. The highest BCUT2D eigenvalue weighted by Gasteiger charge is 2.27. The third-order valence-electron chi connectivity index (χ3n) is 5.52. The van der Waals surface area contributed by atoms with E-state index in [-0.39, 0.29) is 17.8 Å². The van der Waals surface area contributed by atoms with Crippen molar-refractivity contribution >= 4 is 11.6 Å². The fourth-order valence-corrected chi connectivity index (χ4v) is 4.10. The number of halogens is 1. The summed E-state index contributed by atoms with van der Waals surface area (Å²) in [5, 5.41) is 2.80. The Balaban J connectivity index is 1.47. The maximum atomic E-state index is 14.0. The van der Waals surface area contributed by atoms with E-state index in [1.54, 1.807) is 6.07 Å². The molecule has 2 heterocycles. The van der Waals surface area contributed by atoms with Gasteiger partial charge >= 0.3 is 0 Å². The summed E-state index contributed by atoms with van der Waals surface area (Å²) in [6.45, 7) is 3.37. The minimum atomic E-state index is -0.185. The predicted molar refractivity (Wildman–Crippen MR) is 117 cm³/mol. The molecule has 1 saturated heterocycles. The summed E-state index contributed by atoms with van der Waals surface area (Å²) >= 11 is 0. The van der Waals surface area contributed by atoms with E-state index >= 15 is 0 Å². The van der Waals surface area contributed by atoms with Crippen LogP contribution in [0.15, 0.2) is 66.7 Å². The van der Waals surface area contributed by atoms with Crippen LogP contribution < -0.4 is 5.32 Å². The summed E-state index contributed by atoms with van der Waals surface area (Å²) < 4.78 is 14.0. The summed E-state index contributed by atoms with van der Waals surface area (Å²) in [6, 6.07) is 21.2. The van der Waals surface area contributed by atoms with E-state index in [1.165, 1.54) is 18.6 Å². The van der Waals surface area contributed by atoms with Crippen molar-refractivity contribution in [2.75, 3.05) is 11.9 Å². The summed E-state index contributed by atoms with van der Waals surface area (Å²) in [5.74, 6) is -0.251. The van der Waals surface area contributed by atoms with E-state index in [0.29, 0.717) is 12.0 Å². The number of nitrogens with one attached hydrogen (secondary N) is 1. The van der Waals surface area contributed by atoms with Crippen LogP contribution in [0.3, 0.4) is 0 Å². The van der Waals surface area contributed by atoms with E-state index in [2.05, 4.69) is 28.4 Å². The standard InChI is InChI=1S/C25H26FN3O/c1-18(30)27-21-13-11-19(12-14-21)17-29-15-5-10-25(29)24-9-4-7-22(28-24)16-20-6-2-3-8-23(20)26/h2-4,6-9,11-14,25H,5,10,15-17H2,1H3,(H,27,30)/t25-/m0/s1. The molecule has 4 rings (SSSR count). The second-order valence-electron chi connectivity index (χ2n) is 7.83. The molecule has 0 spiro atoms. The van der Waals surface area contributed by atoms with Crippen molar-refractivity contribution < 1.29 is 9.18 Å². The highest BCUT2D eigenvalue weighted by molar-refractivity contribution is 5.88. The SMILES string of the molecule is CC(=O)Nc1ccc(CN2CCC[C@H]2c2cccc(Cc3ccccc3F)n2)cc1. The van der Waals surface area contributed by atoms with E-state index in [0.717, 1.165) is 43.0 Å². The Morgan fingerprint density at radius 3 is 2.67 bits per heavy atom. The lowest BCUT2D eigenvalue weighted by Gasteiger charge is -2.24. The number of likely N-dealkylation sites (tertiary alicyclic amines) is 1. The van der Waals surface area contributed by atoms with E-state index in [9.17, 15) is 9.18 Å². The van der Waals surface area contributed by atoms with Gasteiger partial charge in [0.15, 0.2) is 0 Å². The molecule has 1 amide bonds. The number of hydrogen-bond acceptors (Lipinski definition) is 3. The lowest BCUT2D eigenvalue weighted by atomic mass is 10.1. The number of benzene rings is 2. The summed E-state index contributed by atoms with van der Waals surface area (Å²) in [7, 11) is 0. The van der Waals surface area contributed by atoms with Gasteiger partial charge in [-0.3, -0.25) is 14.7 Å². The maximum Gasteiger partial charge on any atom is 0.221 e. The number of pyridine rings is 1. The van der Waals surface area contributed by atoms with Gasteiger partial charge in [-0.05, 0) is 60.8 Å². The molecule has 1 atom stereocenters. The first-order valence-corrected chi connectivity index (χ1v) is 10.4. The highest BCUT2D eigenvalue weighted by atomic mass is 19.1. The van der Waals surface area contributed by atoms with Crippen LogP contribution in [-0.2, 0) is 17.8 Å². The first kappa shape index (κ1) is 20.2. The molecule has 154 valence electrons. The quantitative estimate of drug-likeness (QED) is 0.622. The average molecular weight is 404 g/mol. The van der Waals surface area contributed by atoms with E-state index in [1.807, 2.05) is 36.4 Å². The highest BCUT2D eigenvalue weighted by Crippen LogP contribution is 2.32. The molecule has 0 bridgehead atoms. The monoisotopic (exact) mass is 403 g/mol. The van der Waals surface area contributed by atoms with Crippen molar-refractivity contribution in [3.05, 3.63) is 95.1 Å². The summed E-state index contributed by atoms with van der Waals surface area (Å²) in [5.41, 5.74) is 4.63. The van der Waals surface area contributed by atoms with E-state index in [4.69, 9.17) is 4.98 Å². The molecule has 1 aliphatic rings. The number of rotatable bonds is 6.